The summed E-state index contributed by atoms with van der Waals surface area (Å²) >= 11 is 3.27. The molecule has 0 aliphatic heterocycles. The van der Waals surface area contributed by atoms with Crippen LogP contribution in [-0.2, 0) is 16.4 Å². The summed E-state index contributed by atoms with van der Waals surface area (Å²) in [5.74, 6) is 0.275. The predicted molar refractivity (Wildman–Crippen MR) is 86.8 cm³/mol. The monoisotopic (exact) mass is 369 g/mol. The maximum atomic E-state index is 12.3. The molecule has 5 nitrogen and oxygen atoms in total. The van der Waals surface area contributed by atoms with E-state index in [4.69, 9.17) is 0 Å². The highest BCUT2D eigenvalue weighted by atomic mass is 79.9. The van der Waals surface area contributed by atoms with Crippen molar-refractivity contribution in [3.8, 4) is 0 Å². The van der Waals surface area contributed by atoms with Gasteiger partial charge in [-0.1, -0.05) is 12.1 Å². The van der Waals surface area contributed by atoms with Gasteiger partial charge in [-0.3, -0.25) is 4.72 Å². The Morgan fingerprint density at radius 3 is 2.52 bits per heavy atom. The summed E-state index contributed by atoms with van der Waals surface area (Å²) < 4.78 is 27.7. The van der Waals surface area contributed by atoms with E-state index in [1.165, 1.54) is 6.20 Å². The van der Waals surface area contributed by atoms with Gasteiger partial charge in [-0.15, -0.1) is 0 Å². The Balaban J connectivity index is 2.18. The van der Waals surface area contributed by atoms with Crippen LogP contribution in [0.2, 0.25) is 0 Å². The standard InChI is InChI=1S/C14H16BrN3O2S/c1-16-10-8-11-4-6-12(7-5-11)21(19,20)18-14-13(15)3-2-9-17-14/h2-7,9,16H,8,10H2,1H3,(H,17,18). The molecule has 0 atom stereocenters. The second-order valence-electron chi connectivity index (χ2n) is 4.44. The van der Waals surface area contributed by atoms with Gasteiger partial charge in [0.2, 0.25) is 0 Å². The van der Waals surface area contributed by atoms with Crippen molar-refractivity contribution >= 4 is 31.8 Å². The summed E-state index contributed by atoms with van der Waals surface area (Å²) in [6, 6.07) is 10.3. The summed E-state index contributed by atoms with van der Waals surface area (Å²) in [7, 11) is -1.75. The molecule has 0 saturated carbocycles. The highest BCUT2D eigenvalue weighted by Crippen LogP contribution is 2.22. The molecule has 2 N–H and O–H groups in total. The number of aromatic nitrogens is 1. The van der Waals surface area contributed by atoms with Crippen molar-refractivity contribution in [3.63, 3.8) is 0 Å². The van der Waals surface area contributed by atoms with Crippen LogP contribution in [0.15, 0.2) is 52.0 Å². The molecule has 0 unspecified atom stereocenters. The normalized spacial score (nSPS) is 11.3. The lowest BCUT2D eigenvalue weighted by Crippen LogP contribution is -2.14. The molecule has 0 fully saturated rings. The minimum atomic E-state index is -3.63. The predicted octanol–water partition coefficient (Wildman–Crippen LogP) is 2.41. The van der Waals surface area contributed by atoms with Gasteiger partial charge in [0.15, 0.2) is 5.82 Å². The van der Waals surface area contributed by atoms with Crippen LogP contribution >= 0.6 is 15.9 Å². The van der Waals surface area contributed by atoms with E-state index >= 15 is 0 Å². The molecule has 0 saturated heterocycles. The SMILES string of the molecule is CNCCc1ccc(S(=O)(=O)Nc2ncccc2Br)cc1. The van der Waals surface area contributed by atoms with E-state index in [1.54, 1.807) is 24.3 Å². The molecule has 112 valence electrons. The van der Waals surface area contributed by atoms with Crippen LogP contribution in [0, 0.1) is 0 Å². The lowest BCUT2D eigenvalue weighted by atomic mass is 10.1. The van der Waals surface area contributed by atoms with Crippen molar-refractivity contribution in [3.05, 3.63) is 52.6 Å². The fourth-order valence-corrected chi connectivity index (χ4v) is 3.27. The molecule has 0 radical (unpaired) electrons. The minimum absolute atomic E-state index is 0.216. The molecule has 2 aromatic rings. The zero-order valence-electron chi connectivity index (χ0n) is 11.5. The van der Waals surface area contributed by atoms with Gasteiger partial charge in [0, 0.05) is 6.20 Å². The average molecular weight is 370 g/mol. The summed E-state index contributed by atoms with van der Waals surface area (Å²) in [4.78, 5) is 4.22. The van der Waals surface area contributed by atoms with E-state index in [0.29, 0.717) is 4.47 Å². The van der Waals surface area contributed by atoms with Gasteiger partial charge in [-0.05, 0) is 65.8 Å². The fourth-order valence-electron chi connectivity index (χ4n) is 1.75. The second-order valence-corrected chi connectivity index (χ2v) is 6.97. The number of pyridine rings is 1. The number of likely N-dealkylation sites (N-methyl/N-ethyl adjacent to an activating group) is 1. The van der Waals surface area contributed by atoms with E-state index in [0.717, 1.165) is 18.5 Å². The van der Waals surface area contributed by atoms with Gasteiger partial charge in [0.25, 0.3) is 10.0 Å². The minimum Gasteiger partial charge on any atom is -0.319 e. The molecule has 0 aliphatic rings. The Labute approximate surface area is 133 Å². The first kappa shape index (κ1) is 15.9. The smallest absolute Gasteiger partial charge is 0.263 e. The maximum Gasteiger partial charge on any atom is 0.263 e. The number of sulfonamides is 1. The molecule has 1 aromatic heterocycles. The molecule has 0 aliphatic carbocycles. The quantitative estimate of drug-likeness (QED) is 0.819. The second kappa shape index (κ2) is 7.02. The van der Waals surface area contributed by atoms with Gasteiger partial charge in [-0.25, -0.2) is 13.4 Å². The summed E-state index contributed by atoms with van der Waals surface area (Å²) in [5.41, 5.74) is 1.09. The molecule has 21 heavy (non-hydrogen) atoms. The number of hydrogen-bond acceptors (Lipinski definition) is 4. The number of anilines is 1. The molecule has 1 aromatic carbocycles. The summed E-state index contributed by atoms with van der Waals surface area (Å²) in [6.45, 7) is 0.852. The molecular weight excluding hydrogens is 354 g/mol. The molecule has 0 amide bonds. The van der Waals surface area contributed by atoms with Gasteiger partial charge in [0.05, 0.1) is 9.37 Å². The van der Waals surface area contributed by atoms with Crippen molar-refractivity contribution < 1.29 is 8.42 Å². The Morgan fingerprint density at radius 2 is 1.90 bits per heavy atom. The first-order valence-electron chi connectivity index (χ1n) is 6.40. The van der Waals surface area contributed by atoms with Crippen molar-refractivity contribution in [2.24, 2.45) is 0 Å². The first-order chi connectivity index (χ1) is 10.0. The molecule has 0 spiro atoms. The van der Waals surface area contributed by atoms with Crippen LogP contribution in [0.1, 0.15) is 5.56 Å². The first-order valence-corrected chi connectivity index (χ1v) is 8.67. The largest absolute Gasteiger partial charge is 0.319 e. The lowest BCUT2D eigenvalue weighted by Gasteiger charge is -2.09. The van der Waals surface area contributed by atoms with Crippen molar-refractivity contribution in [1.29, 1.82) is 0 Å². The van der Waals surface area contributed by atoms with Gasteiger partial charge in [0.1, 0.15) is 0 Å². The lowest BCUT2D eigenvalue weighted by molar-refractivity contribution is 0.601. The number of nitrogens with one attached hydrogen (secondary N) is 2. The van der Waals surface area contributed by atoms with Gasteiger partial charge < -0.3 is 5.32 Å². The zero-order chi connectivity index (χ0) is 15.3. The van der Waals surface area contributed by atoms with E-state index in [9.17, 15) is 8.42 Å². The van der Waals surface area contributed by atoms with Crippen LogP contribution in [-0.4, -0.2) is 27.0 Å². The third-order valence-corrected chi connectivity index (χ3v) is 4.88. The van der Waals surface area contributed by atoms with Crippen molar-refractivity contribution in [2.45, 2.75) is 11.3 Å². The highest BCUT2D eigenvalue weighted by Gasteiger charge is 2.16. The third-order valence-electron chi connectivity index (χ3n) is 2.89. The van der Waals surface area contributed by atoms with E-state index < -0.39 is 10.0 Å². The number of benzene rings is 1. The summed E-state index contributed by atoms with van der Waals surface area (Å²) in [5, 5.41) is 3.06. The zero-order valence-corrected chi connectivity index (χ0v) is 13.9. The van der Waals surface area contributed by atoms with Crippen molar-refractivity contribution in [1.82, 2.24) is 10.3 Å². The average Bonchev–Trinajstić information content (AvgIpc) is 2.48. The highest BCUT2D eigenvalue weighted by molar-refractivity contribution is 9.10. The number of nitrogens with zero attached hydrogens (tertiary/aromatic N) is 1. The van der Waals surface area contributed by atoms with Crippen LogP contribution in [0.25, 0.3) is 0 Å². The Kier molecular flexibility index (Phi) is 5.33. The molecule has 1 heterocycles. The van der Waals surface area contributed by atoms with Crippen LogP contribution in [0.4, 0.5) is 5.82 Å². The Hall–Kier alpha value is -1.44. The molecule has 7 heteroatoms. The Morgan fingerprint density at radius 1 is 1.19 bits per heavy atom. The topological polar surface area (TPSA) is 71.1 Å². The summed E-state index contributed by atoms with van der Waals surface area (Å²) in [6.07, 6.45) is 2.39. The molecule has 0 bridgehead atoms. The Bertz CT molecular complexity index is 702. The van der Waals surface area contributed by atoms with E-state index in [2.05, 4.69) is 31.0 Å². The van der Waals surface area contributed by atoms with Gasteiger partial charge >= 0.3 is 0 Å². The van der Waals surface area contributed by atoms with Crippen LogP contribution in [0.3, 0.4) is 0 Å². The van der Waals surface area contributed by atoms with Gasteiger partial charge in [-0.2, -0.15) is 0 Å². The maximum absolute atomic E-state index is 12.3. The molecule has 2 rings (SSSR count). The number of rotatable bonds is 6. The third kappa shape index (κ3) is 4.26. The van der Waals surface area contributed by atoms with Crippen molar-refractivity contribution in [2.75, 3.05) is 18.3 Å². The fraction of sp³-hybridized carbons (Fsp3) is 0.214. The number of halogens is 1. The number of hydrogen-bond donors (Lipinski definition) is 2. The molecular formula is C14H16BrN3O2S. The van der Waals surface area contributed by atoms with Crippen LogP contribution < -0.4 is 10.0 Å². The van der Waals surface area contributed by atoms with Crippen LogP contribution in [0.5, 0.6) is 0 Å². The van der Waals surface area contributed by atoms with E-state index in [1.807, 2.05) is 19.2 Å². The van der Waals surface area contributed by atoms with E-state index in [-0.39, 0.29) is 10.7 Å².